The molecule has 98 valence electrons. The Balaban J connectivity index is 1.97. The smallest absolute Gasteiger partial charge is 0.339 e. The minimum Gasteiger partial charge on any atom is -0.465 e. The molecule has 1 fully saturated rings. The predicted molar refractivity (Wildman–Crippen MR) is 62.9 cm³/mol. The molecule has 0 spiro atoms. The van der Waals surface area contributed by atoms with Crippen molar-refractivity contribution in [2.45, 2.75) is 18.8 Å². The predicted octanol–water partition coefficient (Wildman–Crippen LogP) is -0.594. The van der Waals surface area contributed by atoms with Crippen LogP contribution in [0.4, 0.5) is 0 Å². The third kappa shape index (κ3) is 2.84. The van der Waals surface area contributed by atoms with Crippen LogP contribution < -0.4 is 0 Å². The number of carbonyl (C=O) groups excluding carboxylic acids is 1. The molecule has 2 N–H and O–H groups in total. The Kier molecular flexibility index (Phi) is 3.90. The number of aliphatic hydroxyl groups is 2. The Morgan fingerprint density at radius 1 is 1.44 bits per heavy atom. The van der Waals surface area contributed by atoms with Gasteiger partial charge in [0.05, 0.1) is 30.6 Å². The fourth-order valence-electron chi connectivity index (χ4n) is 1.96. The van der Waals surface area contributed by atoms with Crippen LogP contribution in [0.15, 0.2) is 18.3 Å². The van der Waals surface area contributed by atoms with E-state index in [1.54, 1.807) is 12.1 Å². The van der Waals surface area contributed by atoms with Crippen LogP contribution in [0.5, 0.6) is 0 Å². The van der Waals surface area contributed by atoms with Gasteiger partial charge in [-0.05, 0) is 12.1 Å². The first-order valence-corrected chi connectivity index (χ1v) is 5.72. The van der Waals surface area contributed by atoms with Crippen LogP contribution in [0.1, 0.15) is 16.1 Å². The van der Waals surface area contributed by atoms with E-state index in [9.17, 15) is 15.0 Å². The SMILES string of the molecule is COC(=O)c1ccc(CN2CC(O)C(O)C2)nc1. The van der Waals surface area contributed by atoms with Gasteiger partial charge < -0.3 is 14.9 Å². The van der Waals surface area contributed by atoms with Crippen molar-refractivity contribution in [2.75, 3.05) is 20.2 Å². The fourth-order valence-corrected chi connectivity index (χ4v) is 1.96. The Labute approximate surface area is 105 Å². The third-order valence-electron chi connectivity index (χ3n) is 2.97. The maximum atomic E-state index is 11.2. The van der Waals surface area contributed by atoms with E-state index in [4.69, 9.17) is 0 Å². The van der Waals surface area contributed by atoms with Crippen molar-refractivity contribution in [1.29, 1.82) is 0 Å². The van der Waals surface area contributed by atoms with Crippen LogP contribution in [0.25, 0.3) is 0 Å². The molecule has 6 nitrogen and oxygen atoms in total. The molecular formula is C12H16N2O4. The molecule has 0 saturated carbocycles. The highest BCUT2D eigenvalue weighted by molar-refractivity contribution is 5.88. The number of pyridine rings is 1. The molecule has 1 aromatic heterocycles. The molecule has 6 heteroatoms. The van der Waals surface area contributed by atoms with Gasteiger partial charge in [-0.1, -0.05) is 0 Å². The van der Waals surface area contributed by atoms with Gasteiger partial charge in [0.15, 0.2) is 0 Å². The van der Waals surface area contributed by atoms with Crippen LogP contribution in [0.3, 0.4) is 0 Å². The van der Waals surface area contributed by atoms with E-state index in [1.807, 2.05) is 4.90 Å². The van der Waals surface area contributed by atoms with Crippen LogP contribution in [-0.4, -0.2) is 58.5 Å². The van der Waals surface area contributed by atoms with Gasteiger partial charge in [0, 0.05) is 25.8 Å². The minimum absolute atomic E-state index is 0.405. The number of rotatable bonds is 3. The average Bonchev–Trinajstić information content (AvgIpc) is 2.68. The zero-order chi connectivity index (χ0) is 13.1. The molecule has 1 aliphatic heterocycles. The Morgan fingerprint density at radius 2 is 2.11 bits per heavy atom. The molecule has 2 unspecified atom stereocenters. The summed E-state index contributed by atoms with van der Waals surface area (Å²) in [5.41, 5.74) is 1.19. The minimum atomic E-state index is -0.695. The van der Waals surface area contributed by atoms with Crippen molar-refractivity contribution >= 4 is 5.97 Å². The quantitative estimate of drug-likeness (QED) is 0.699. The van der Waals surface area contributed by atoms with Gasteiger partial charge in [0.2, 0.25) is 0 Å². The molecule has 2 heterocycles. The maximum absolute atomic E-state index is 11.2. The van der Waals surface area contributed by atoms with E-state index in [1.165, 1.54) is 13.3 Å². The van der Waals surface area contributed by atoms with E-state index in [-0.39, 0.29) is 0 Å². The fraction of sp³-hybridized carbons (Fsp3) is 0.500. The van der Waals surface area contributed by atoms with Crippen LogP contribution in [-0.2, 0) is 11.3 Å². The molecule has 1 saturated heterocycles. The molecule has 0 bridgehead atoms. The summed E-state index contributed by atoms with van der Waals surface area (Å²) in [6.07, 6.45) is 0.0723. The van der Waals surface area contributed by atoms with Crippen molar-refractivity contribution in [3.05, 3.63) is 29.6 Å². The lowest BCUT2D eigenvalue weighted by molar-refractivity contribution is 0.0572. The summed E-state index contributed by atoms with van der Waals surface area (Å²) in [7, 11) is 1.32. The summed E-state index contributed by atoms with van der Waals surface area (Å²) < 4.78 is 4.58. The summed E-state index contributed by atoms with van der Waals surface area (Å²) in [5, 5.41) is 18.8. The van der Waals surface area contributed by atoms with E-state index in [2.05, 4.69) is 9.72 Å². The molecule has 2 rings (SSSR count). The second-order valence-electron chi connectivity index (χ2n) is 4.36. The van der Waals surface area contributed by atoms with Crippen molar-refractivity contribution < 1.29 is 19.7 Å². The van der Waals surface area contributed by atoms with Crippen LogP contribution in [0, 0.1) is 0 Å². The van der Waals surface area contributed by atoms with Gasteiger partial charge in [0.1, 0.15) is 0 Å². The highest BCUT2D eigenvalue weighted by atomic mass is 16.5. The molecule has 0 amide bonds. The number of ether oxygens (including phenoxy) is 1. The van der Waals surface area contributed by atoms with Gasteiger partial charge >= 0.3 is 5.97 Å². The van der Waals surface area contributed by atoms with Gasteiger partial charge in [-0.25, -0.2) is 4.79 Å². The Morgan fingerprint density at radius 3 is 2.61 bits per heavy atom. The van der Waals surface area contributed by atoms with Crippen LogP contribution in [0.2, 0.25) is 0 Å². The summed E-state index contributed by atoms with van der Waals surface area (Å²) in [5.74, 6) is -0.416. The molecule has 0 aliphatic carbocycles. The van der Waals surface area contributed by atoms with E-state index in [0.29, 0.717) is 25.2 Å². The summed E-state index contributed by atoms with van der Waals surface area (Å²) >= 11 is 0. The van der Waals surface area contributed by atoms with Gasteiger partial charge in [-0.15, -0.1) is 0 Å². The number of esters is 1. The molecule has 1 aromatic rings. The number of aliphatic hydroxyl groups excluding tert-OH is 2. The number of hydrogen-bond donors (Lipinski definition) is 2. The highest BCUT2D eigenvalue weighted by Gasteiger charge is 2.29. The first-order valence-electron chi connectivity index (χ1n) is 5.72. The second kappa shape index (κ2) is 5.43. The number of hydrogen-bond acceptors (Lipinski definition) is 6. The van der Waals surface area contributed by atoms with Crippen molar-refractivity contribution in [2.24, 2.45) is 0 Å². The van der Waals surface area contributed by atoms with E-state index < -0.39 is 18.2 Å². The standard InChI is InChI=1S/C12H16N2O4/c1-18-12(17)8-2-3-9(13-4-8)5-14-6-10(15)11(16)7-14/h2-4,10-11,15-16H,5-7H2,1H3. The number of aromatic nitrogens is 1. The first-order chi connectivity index (χ1) is 8.60. The largest absolute Gasteiger partial charge is 0.465 e. The summed E-state index contributed by atoms with van der Waals surface area (Å²) in [6.45, 7) is 1.40. The second-order valence-corrected chi connectivity index (χ2v) is 4.36. The Hall–Kier alpha value is -1.50. The summed E-state index contributed by atoms with van der Waals surface area (Å²) in [4.78, 5) is 17.3. The number of methoxy groups -OCH3 is 1. The number of β-amino-alcohol motifs (C(OH)–C–C–N with tert-alkyl or cyclic N) is 2. The lowest BCUT2D eigenvalue weighted by Crippen LogP contribution is -2.22. The van der Waals surface area contributed by atoms with Crippen LogP contribution >= 0.6 is 0 Å². The summed E-state index contributed by atoms with van der Waals surface area (Å²) in [6, 6.07) is 3.39. The van der Waals surface area contributed by atoms with E-state index in [0.717, 1.165) is 5.69 Å². The number of likely N-dealkylation sites (tertiary alicyclic amines) is 1. The molecule has 0 aromatic carbocycles. The van der Waals surface area contributed by atoms with Crippen molar-refractivity contribution in [3.8, 4) is 0 Å². The average molecular weight is 252 g/mol. The molecule has 18 heavy (non-hydrogen) atoms. The topological polar surface area (TPSA) is 82.9 Å². The van der Waals surface area contributed by atoms with Gasteiger partial charge in [-0.2, -0.15) is 0 Å². The lowest BCUT2D eigenvalue weighted by atomic mass is 10.2. The van der Waals surface area contributed by atoms with E-state index >= 15 is 0 Å². The van der Waals surface area contributed by atoms with Crippen molar-refractivity contribution in [1.82, 2.24) is 9.88 Å². The Bertz CT molecular complexity index is 411. The third-order valence-corrected chi connectivity index (χ3v) is 2.97. The van der Waals surface area contributed by atoms with Gasteiger partial charge in [0.25, 0.3) is 0 Å². The molecule has 2 atom stereocenters. The maximum Gasteiger partial charge on any atom is 0.339 e. The van der Waals surface area contributed by atoms with Gasteiger partial charge in [-0.3, -0.25) is 9.88 Å². The number of carbonyl (C=O) groups is 1. The highest BCUT2D eigenvalue weighted by Crippen LogP contribution is 2.13. The molecule has 1 aliphatic rings. The number of nitrogens with zero attached hydrogens (tertiary/aromatic N) is 2. The lowest BCUT2D eigenvalue weighted by Gasteiger charge is -2.13. The molecule has 0 radical (unpaired) electrons. The van der Waals surface area contributed by atoms with Crippen molar-refractivity contribution in [3.63, 3.8) is 0 Å². The first kappa shape index (κ1) is 12.9. The normalized spacial score (nSPS) is 24.2. The molecular weight excluding hydrogens is 236 g/mol. The monoisotopic (exact) mass is 252 g/mol. The zero-order valence-electron chi connectivity index (χ0n) is 10.1. The zero-order valence-corrected chi connectivity index (χ0v) is 10.1.